The van der Waals surface area contributed by atoms with Crippen LogP contribution >= 0.6 is 0 Å². The van der Waals surface area contributed by atoms with Crippen LogP contribution in [0, 0.1) is 6.92 Å². The molecule has 6 nitrogen and oxygen atoms in total. The van der Waals surface area contributed by atoms with Gasteiger partial charge in [-0.3, -0.25) is 14.7 Å². The highest BCUT2D eigenvalue weighted by Gasteiger charge is 2.35. The Bertz CT molecular complexity index is 1370. The fourth-order valence-electron chi connectivity index (χ4n) is 4.47. The van der Waals surface area contributed by atoms with Crippen molar-refractivity contribution in [1.82, 2.24) is 9.88 Å². The topological polar surface area (TPSA) is 71.5 Å². The molecule has 0 saturated carbocycles. The van der Waals surface area contributed by atoms with Crippen LogP contribution in [-0.4, -0.2) is 34.5 Å². The van der Waals surface area contributed by atoms with E-state index in [1.807, 2.05) is 79.7 Å². The molecule has 5 rings (SSSR count). The zero-order valence-electron chi connectivity index (χ0n) is 19.6. The van der Waals surface area contributed by atoms with Crippen LogP contribution in [0.2, 0.25) is 0 Å². The molecule has 1 saturated heterocycles. The van der Waals surface area contributed by atoms with Gasteiger partial charge < -0.3 is 10.1 Å². The number of aryl methyl sites for hydroxylation is 1. The normalized spacial score (nSPS) is 15.2. The number of ether oxygens (including phenoxy) is 1. The summed E-state index contributed by atoms with van der Waals surface area (Å²) in [6.07, 6.45) is 0.923. The Kier molecular flexibility index (Phi) is 6.44. The average molecular weight is 466 g/mol. The first kappa shape index (κ1) is 22.6. The first-order valence-electron chi connectivity index (χ1n) is 11.8. The molecular weight excluding hydrogens is 438 g/mol. The van der Waals surface area contributed by atoms with E-state index in [0.29, 0.717) is 18.7 Å². The molecule has 2 amide bonds. The highest BCUT2D eigenvalue weighted by Crippen LogP contribution is 2.27. The molecule has 3 aromatic carbocycles. The van der Waals surface area contributed by atoms with E-state index < -0.39 is 12.1 Å². The quantitative estimate of drug-likeness (QED) is 0.395. The van der Waals surface area contributed by atoms with Crippen molar-refractivity contribution < 1.29 is 14.3 Å². The molecule has 0 spiro atoms. The van der Waals surface area contributed by atoms with Crippen LogP contribution in [0.15, 0.2) is 84.9 Å². The second-order valence-corrected chi connectivity index (χ2v) is 8.82. The van der Waals surface area contributed by atoms with E-state index in [4.69, 9.17) is 4.74 Å². The van der Waals surface area contributed by atoms with E-state index in [1.165, 1.54) is 4.90 Å². The van der Waals surface area contributed by atoms with Gasteiger partial charge >= 0.3 is 6.09 Å². The third-order valence-electron chi connectivity index (χ3n) is 6.29. The highest BCUT2D eigenvalue weighted by molar-refractivity contribution is 5.97. The predicted octanol–water partition coefficient (Wildman–Crippen LogP) is 5.95. The van der Waals surface area contributed by atoms with Crippen molar-refractivity contribution in [2.45, 2.75) is 32.4 Å². The average Bonchev–Trinajstić information content (AvgIpc) is 3.38. The molecule has 4 aromatic rings. The minimum Gasteiger partial charge on any atom is -0.445 e. The Labute approximate surface area is 204 Å². The lowest BCUT2D eigenvalue weighted by molar-refractivity contribution is -0.120. The second kappa shape index (κ2) is 9.97. The third-order valence-corrected chi connectivity index (χ3v) is 6.29. The fourth-order valence-corrected chi connectivity index (χ4v) is 4.47. The van der Waals surface area contributed by atoms with Crippen molar-refractivity contribution in [2.75, 3.05) is 11.9 Å². The number of hydrogen-bond acceptors (Lipinski definition) is 4. The number of hydrogen-bond donors (Lipinski definition) is 1. The predicted molar refractivity (Wildman–Crippen MR) is 137 cm³/mol. The Morgan fingerprint density at radius 3 is 2.66 bits per heavy atom. The number of benzene rings is 3. The van der Waals surface area contributed by atoms with Gasteiger partial charge in [-0.15, -0.1) is 0 Å². The van der Waals surface area contributed by atoms with Gasteiger partial charge in [-0.2, -0.15) is 0 Å². The molecule has 0 unspecified atom stereocenters. The Morgan fingerprint density at radius 1 is 0.971 bits per heavy atom. The fraction of sp³-hybridized carbons (Fsp3) is 0.207. The lowest BCUT2D eigenvalue weighted by Gasteiger charge is -2.23. The lowest BCUT2D eigenvalue weighted by atomic mass is 10.0. The summed E-state index contributed by atoms with van der Waals surface area (Å²) < 4.78 is 5.46. The molecule has 0 bridgehead atoms. The maximum absolute atomic E-state index is 13.1. The van der Waals surface area contributed by atoms with E-state index in [1.54, 1.807) is 0 Å². The van der Waals surface area contributed by atoms with E-state index >= 15 is 0 Å². The molecule has 35 heavy (non-hydrogen) atoms. The van der Waals surface area contributed by atoms with E-state index in [2.05, 4.69) is 22.4 Å². The molecule has 1 aromatic heterocycles. The summed E-state index contributed by atoms with van der Waals surface area (Å²) in [5.41, 5.74) is 5.59. The molecule has 1 atom stereocenters. The Balaban J connectivity index is 1.27. The zero-order valence-corrected chi connectivity index (χ0v) is 19.6. The summed E-state index contributed by atoms with van der Waals surface area (Å²) in [5, 5.41) is 4.06. The molecule has 0 radical (unpaired) electrons. The molecule has 1 fully saturated rings. The molecule has 2 heterocycles. The van der Waals surface area contributed by atoms with Crippen LogP contribution in [0.1, 0.15) is 24.1 Å². The minimum atomic E-state index is -0.545. The second-order valence-electron chi connectivity index (χ2n) is 8.82. The molecule has 6 heteroatoms. The lowest BCUT2D eigenvalue weighted by Crippen LogP contribution is -2.43. The highest BCUT2D eigenvalue weighted by atomic mass is 16.6. The van der Waals surface area contributed by atoms with Crippen LogP contribution in [0.3, 0.4) is 0 Å². The van der Waals surface area contributed by atoms with Crippen LogP contribution in [-0.2, 0) is 16.1 Å². The number of fused-ring (bicyclic) bond motifs is 1. The Morgan fingerprint density at radius 2 is 1.80 bits per heavy atom. The summed E-state index contributed by atoms with van der Waals surface area (Å²) >= 11 is 0. The maximum atomic E-state index is 13.1. The minimum absolute atomic E-state index is 0.188. The van der Waals surface area contributed by atoms with Crippen LogP contribution < -0.4 is 5.32 Å². The number of rotatable bonds is 5. The standard InChI is InChI=1S/C29H27N3O3/c1-20-12-13-24-17-23(14-15-26(24)30-20)22-9-5-10-25(18-22)31-28(33)27-11-6-16-32(27)29(34)35-19-21-7-3-2-4-8-21/h2-5,7-10,12-15,17-18,27H,6,11,16,19H2,1H3,(H,31,33)/t27-/m0/s1. The first-order chi connectivity index (χ1) is 17.1. The number of carbonyl (C=O) groups is 2. The van der Waals surface area contributed by atoms with Crippen LogP contribution in [0.5, 0.6) is 0 Å². The summed E-state index contributed by atoms with van der Waals surface area (Å²) in [5.74, 6) is -0.200. The Hall–Kier alpha value is -4.19. The molecule has 1 aliphatic heterocycles. The van der Waals surface area contributed by atoms with Gasteiger partial charge in [-0.1, -0.05) is 54.6 Å². The summed E-state index contributed by atoms with van der Waals surface area (Å²) in [4.78, 5) is 31.9. The SMILES string of the molecule is Cc1ccc2cc(-c3cccc(NC(=O)[C@@H]4CCCN4C(=O)OCc4ccccc4)c3)ccc2n1. The monoisotopic (exact) mass is 465 g/mol. The van der Waals surface area contributed by atoms with E-state index in [0.717, 1.165) is 39.7 Å². The molecule has 1 aliphatic rings. The van der Waals surface area contributed by atoms with E-state index in [-0.39, 0.29) is 12.5 Å². The molecule has 176 valence electrons. The van der Waals surface area contributed by atoms with Gasteiger partial charge in [0.2, 0.25) is 5.91 Å². The van der Waals surface area contributed by atoms with Crippen molar-refractivity contribution in [3.63, 3.8) is 0 Å². The summed E-state index contributed by atoms with van der Waals surface area (Å²) in [6.45, 7) is 2.68. The first-order valence-corrected chi connectivity index (χ1v) is 11.8. The number of likely N-dealkylation sites (tertiary alicyclic amines) is 1. The van der Waals surface area contributed by atoms with Crippen molar-refractivity contribution in [3.05, 3.63) is 96.2 Å². The summed E-state index contributed by atoms with van der Waals surface area (Å²) in [6, 6.07) is 27.0. The summed E-state index contributed by atoms with van der Waals surface area (Å²) in [7, 11) is 0. The third kappa shape index (κ3) is 5.17. The van der Waals surface area contributed by atoms with Crippen molar-refractivity contribution in [3.8, 4) is 11.1 Å². The molecule has 0 aliphatic carbocycles. The van der Waals surface area contributed by atoms with Gasteiger partial charge in [0.1, 0.15) is 12.6 Å². The molecular formula is C29H27N3O3. The van der Waals surface area contributed by atoms with Crippen LogP contribution in [0.25, 0.3) is 22.0 Å². The van der Waals surface area contributed by atoms with Crippen molar-refractivity contribution in [1.29, 1.82) is 0 Å². The van der Waals surface area contributed by atoms with E-state index in [9.17, 15) is 9.59 Å². The zero-order chi connectivity index (χ0) is 24.2. The number of carbonyl (C=O) groups excluding carboxylic acids is 2. The van der Waals surface area contributed by atoms with Gasteiger partial charge in [0, 0.05) is 23.3 Å². The molecule has 1 N–H and O–H groups in total. The van der Waals surface area contributed by atoms with Crippen molar-refractivity contribution >= 4 is 28.6 Å². The smallest absolute Gasteiger partial charge is 0.410 e. The van der Waals surface area contributed by atoms with Gasteiger partial charge in [0.25, 0.3) is 0 Å². The number of aromatic nitrogens is 1. The van der Waals surface area contributed by atoms with Gasteiger partial charge in [0.05, 0.1) is 5.52 Å². The number of amides is 2. The number of anilines is 1. The number of nitrogens with one attached hydrogen (secondary N) is 1. The number of nitrogens with zero attached hydrogens (tertiary/aromatic N) is 2. The largest absolute Gasteiger partial charge is 0.445 e. The van der Waals surface area contributed by atoms with Gasteiger partial charge in [-0.25, -0.2) is 4.79 Å². The van der Waals surface area contributed by atoms with Crippen LogP contribution in [0.4, 0.5) is 10.5 Å². The van der Waals surface area contributed by atoms with Gasteiger partial charge in [0.15, 0.2) is 0 Å². The number of pyridine rings is 1. The maximum Gasteiger partial charge on any atom is 0.410 e. The van der Waals surface area contributed by atoms with Gasteiger partial charge in [-0.05, 0) is 66.8 Å². The van der Waals surface area contributed by atoms with Crippen molar-refractivity contribution in [2.24, 2.45) is 0 Å².